The highest BCUT2D eigenvalue weighted by molar-refractivity contribution is 6.07. The van der Waals surface area contributed by atoms with Gasteiger partial charge in [-0.2, -0.15) is 9.97 Å². The second kappa shape index (κ2) is 6.08. The fraction of sp³-hybridized carbons (Fsp3) is 0.214. The first-order valence-electron chi connectivity index (χ1n) is 6.18. The van der Waals surface area contributed by atoms with Gasteiger partial charge in [-0.1, -0.05) is 6.07 Å². The predicted molar refractivity (Wildman–Crippen MR) is 78.7 cm³/mol. The Morgan fingerprint density at radius 3 is 2.29 bits per heavy atom. The van der Waals surface area contributed by atoms with Crippen molar-refractivity contribution in [2.75, 3.05) is 25.3 Å². The summed E-state index contributed by atoms with van der Waals surface area (Å²) in [5, 5.41) is 2.57. The molecule has 0 aliphatic rings. The maximum atomic E-state index is 12.2. The molecule has 2 rings (SSSR count). The maximum Gasteiger partial charge on any atom is 0.260 e. The minimum Gasteiger partial charge on any atom is -0.481 e. The summed E-state index contributed by atoms with van der Waals surface area (Å²) < 4.78 is 10.0. The second-order valence-corrected chi connectivity index (χ2v) is 4.32. The number of nitrogen functional groups attached to an aromatic ring is 1. The Hall–Kier alpha value is -2.83. The van der Waals surface area contributed by atoms with E-state index in [1.165, 1.54) is 20.3 Å². The van der Waals surface area contributed by atoms with Crippen molar-refractivity contribution in [3.05, 3.63) is 35.4 Å². The van der Waals surface area contributed by atoms with Crippen LogP contribution in [0.5, 0.6) is 11.8 Å². The van der Waals surface area contributed by atoms with Gasteiger partial charge >= 0.3 is 0 Å². The van der Waals surface area contributed by atoms with E-state index in [1.807, 2.05) is 6.92 Å². The van der Waals surface area contributed by atoms with Crippen LogP contribution in [0.4, 0.5) is 11.6 Å². The van der Waals surface area contributed by atoms with Crippen LogP contribution in [0.25, 0.3) is 0 Å². The number of ether oxygens (including phenoxy) is 2. The van der Waals surface area contributed by atoms with E-state index in [-0.39, 0.29) is 17.7 Å². The largest absolute Gasteiger partial charge is 0.481 e. The van der Waals surface area contributed by atoms with Crippen LogP contribution >= 0.6 is 0 Å². The van der Waals surface area contributed by atoms with Crippen LogP contribution in [-0.2, 0) is 0 Å². The first-order valence-corrected chi connectivity index (χ1v) is 6.18. The standard InChI is InChI=1S/C14H16N4O3/c1-8-4-5-9(10(15)6-8)13(19)18-14-16-11(20-2)7-12(17-14)21-3/h4-7H,15H2,1-3H3,(H,16,17,18,19). The van der Waals surface area contributed by atoms with E-state index in [0.717, 1.165) is 5.56 Å². The number of anilines is 2. The highest BCUT2D eigenvalue weighted by Gasteiger charge is 2.13. The average molecular weight is 288 g/mol. The number of hydrogen-bond donors (Lipinski definition) is 2. The van der Waals surface area contributed by atoms with Crippen LogP contribution in [0.15, 0.2) is 24.3 Å². The van der Waals surface area contributed by atoms with Gasteiger partial charge in [0.25, 0.3) is 5.91 Å². The summed E-state index contributed by atoms with van der Waals surface area (Å²) >= 11 is 0. The van der Waals surface area contributed by atoms with E-state index < -0.39 is 5.91 Å². The van der Waals surface area contributed by atoms with Gasteiger partial charge < -0.3 is 15.2 Å². The first-order chi connectivity index (χ1) is 10.0. The predicted octanol–water partition coefficient (Wildman–Crippen LogP) is 1.64. The number of nitrogens with one attached hydrogen (secondary N) is 1. The second-order valence-electron chi connectivity index (χ2n) is 4.32. The monoisotopic (exact) mass is 288 g/mol. The number of nitrogens with two attached hydrogens (primary N) is 1. The molecular formula is C14H16N4O3. The minimum atomic E-state index is -0.400. The number of aryl methyl sites for hydroxylation is 1. The number of methoxy groups -OCH3 is 2. The molecule has 1 heterocycles. The first kappa shape index (κ1) is 14.6. The SMILES string of the molecule is COc1cc(OC)nc(NC(=O)c2ccc(C)cc2N)n1. The van der Waals surface area contributed by atoms with Gasteiger partial charge in [0.05, 0.1) is 25.8 Å². The Kier molecular flexibility index (Phi) is 4.22. The molecular weight excluding hydrogens is 272 g/mol. The van der Waals surface area contributed by atoms with Gasteiger partial charge in [-0.3, -0.25) is 10.1 Å². The lowest BCUT2D eigenvalue weighted by Crippen LogP contribution is -2.16. The van der Waals surface area contributed by atoms with Gasteiger partial charge in [0.15, 0.2) is 0 Å². The molecule has 0 aliphatic carbocycles. The Bertz CT molecular complexity index is 651. The number of nitrogens with zero attached hydrogens (tertiary/aromatic N) is 2. The van der Waals surface area contributed by atoms with Crippen molar-refractivity contribution in [1.82, 2.24) is 9.97 Å². The van der Waals surface area contributed by atoms with Crippen molar-refractivity contribution in [2.24, 2.45) is 0 Å². The highest BCUT2D eigenvalue weighted by Crippen LogP contribution is 2.19. The molecule has 0 unspecified atom stereocenters. The number of rotatable bonds is 4. The zero-order valence-electron chi connectivity index (χ0n) is 12.0. The maximum absolute atomic E-state index is 12.2. The molecule has 0 saturated heterocycles. The Morgan fingerprint density at radius 1 is 1.14 bits per heavy atom. The van der Waals surface area contributed by atoms with Gasteiger partial charge in [-0.15, -0.1) is 0 Å². The van der Waals surface area contributed by atoms with Crippen LogP contribution in [-0.4, -0.2) is 30.1 Å². The molecule has 7 nitrogen and oxygen atoms in total. The van der Waals surface area contributed by atoms with Gasteiger partial charge in [0.2, 0.25) is 17.7 Å². The molecule has 3 N–H and O–H groups in total. The zero-order chi connectivity index (χ0) is 15.4. The molecule has 0 aliphatic heterocycles. The third-order valence-electron chi connectivity index (χ3n) is 2.77. The van der Waals surface area contributed by atoms with E-state index >= 15 is 0 Å². The van der Waals surface area contributed by atoms with E-state index in [9.17, 15) is 4.79 Å². The van der Waals surface area contributed by atoms with Crippen molar-refractivity contribution in [1.29, 1.82) is 0 Å². The summed E-state index contributed by atoms with van der Waals surface area (Å²) in [5.41, 5.74) is 7.56. The van der Waals surface area contributed by atoms with Crippen molar-refractivity contribution in [2.45, 2.75) is 6.92 Å². The average Bonchev–Trinajstić information content (AvgIpc) is 2.46. The molecule has 2 aromatic rings. The van der Waals surface area contributed by atoms with Gasteiger partial charge in [0.1, 0.15) is 0 Å². The molecule has 7 heteroatoms. The molecule has 0 saturated carbocycles. The van der Waals surface area contributed by atoms with Crippen LogP contribution < -0.4 is 20.5 Å². The van der Waals surface area contributed by atoms with Gasteiger partial charge in [-0.05, 0) is 24.6 Å². The highest BCUT2D eigenvalue weighted by atomic mass is 16.5. The summed E-state index contributed by atoms with van der Waals surface area (Å²) in [5.74, 6) is 0.252. The van der Waals surface area contributed by atoms with Crippen molar-refractivity contribution < 1.29 is 14.3 Å². The molecule has 0 spiro atoms. The van der Waals surface area contributed by atoms with Gasteiger partial charge in [-0.25, -0.2) is 0 Å². The third kappa shape index (κ3) is 3.38. The summed E-state index contributed by atoms with van der Waals surface area (Å²) in [7, 11) is 2.93. The lowest BCUT2D eigenvalue weighted by molar-refractivity contribution is 0.102. The molecule has 1 aromatic heterocycles. The van der Waals surface area contributed by atoms with E-state index in [2.05, 4.69) is 15.3 Å². The minimum absolute atomic E-state index is 0.0798. The summed E-state index contributed by atoms with van der Waals surface area (Å²) in [6.07, 6.45) is 0. The van der Waals surface area contributed by atoms with Crippen molar-refractivity contribution in [3.63, 3.8) is 0 Å². The molecule has 1 aromatic carbocycles. The Balaban J connectivity index is 2.26. The molecule has 21 heavy (non-hydrogen) atoms. The van der Waals surface area contributed by atoms with E-state index in [1.54, 1.807) is 18.2 Å². The van der Waals surface area contributed by atoms with E-state index in [0.29, 0.717) is 11.3 Å². The third-order valence-corrected chi connectivity index (χ3v) is 2.77. The molecule has 1 amide bonds. The van der Waals surface area contributed by atoms with Gasteiger partial charge in [0, 0.05) is 5.69 Å². The van der Waals surface area contributed by atoms with Crippen molar-refractivity contribution in [3.8, 4) is 11.8 Å². The normalized spacial score (nSPS) is 10.0. The summed E-state index contributed by atoms with van der Waals surface area (Å²) in [6, 6.07) is 6.69. The number of benzene rings is 1. The zero-order valence-corrected chi connectivity index (χ0v) is 12.0. The number of carbonyl (C=O) groups is 1. The Labute approximate surface area is 122 Å². The van der Waals surface area contributed by atoms with Crippen LogP contribution in [0.2, 0.25) is 0 Å². The summed E-state index contributed by atoms with van der Waals surface area (Å²) in [6.45, 7) is 1.90. The molecule has 110 valence electrons. The fourth-order valence-corrected chi connectivity index (χ4v) is 1.73. The quantitative estimate of drug-likeness (QED) is 0.830. The molecule has 0 fully saturated rings. The number of amides is 1. The molecule has 0 radical (unpaired) electrons. The van der Waals surface area contributed by atoms with Crippen LogP contribution in [0.3, 0.4) is 0 Å². The van der Waals surface area contributed by atoms with Crippen molar-refractivity contribution >= 4 is 17.5 Å². The number of carbonyl (C=O) groups excluding carboxylic acids is 1. The lowest BCUT2D eigenvalue weighted by Gasteiger charge is -2.09. The molecule has 0 bridgehead atoms. The topological polar surface area (TPSA) is 99.4 Å². The number of aromatic nitrogens is 2. The van der Waals surface area contributed by atoms with E-state index in [4.69, 9.17) is 15.2 Å². The lowest BCUT2D eigenvalue weighted by atomic mass is 10.1. The fourth-order valence-electron chi connectivity index (χ4n) is 1.73. The summed E-state index contributed by atoms with van der Waals surface area (Å²) in [4.78, 5) is 20.2. The molecule has 0 atom stereocenters. The number of hydrogen-bond acceptors (Lipinski definition) is 6. The van der Waals surface area contributed by atoms with Crippen LogP contribution in [0.1, 0.15) is 15.9 Å². The Morgan fingerprint density at radius 2 is 1.76 bits per heavy atom. The van der Waals surface area contributed by atoms with Crippen LogP contribution in [0, 0.1) is 6.92 Å². The smallest absolute Gasteiger partial charge is 0.260 e.